The van der Waals surface area contributed by atoms with E-state index < -0.39 is 60.6 Å². The lowest BCUT2D eigenvalue weighted by Gasteiger charge is -2.26. The van der Waals surface area contributed by atoms with Gasteiger partial charge < -0.3 is 21.1 Å². The smallest absolute Gasteiger partial charge is 0.389 e. The minimum Gasteiger partial charge on any atom is -0.495 e. The molecule has 0 spiro atoms. The van der Waals surface area contributed by atoms with Crippen LogP contribution in [0, 0.1) is 23.6 Å². The van der Waals surface area contributed by atoms with Gasteiger partial charge in [0.15, 0.2) is 0 Å². The summed E-state index contributed by atoms with van der Waals surface area (Å²) in [6, 6.07) is 10.3. The fraction of sp³-hybridized carbons (Fsp3) is 0.407. The summed E-state index contributed by atoms with van der Waals surface area (Å²) in [6.45, 7) is 0. The van der Waals surface area contributed by atoms with Crippen LogP contribution in [0.1, 0.15) is 43.2 Å². The Hall–Kier alpha value is -3.96. The SMILES string of the molecule is COc1cccc2c1NC(=O)[C@@H](NC(=O)[C@H](CCC(F)(F)F)[C@H](CC1CC1)C(N)=O)N=C2c1cccc(F)c1. The van der Waals surface area contributed by atoms with Crippen molar-refractivity contribution in [2.75, 3.05) is 12.4 Å². The Kier molecular flexibility index (Phi) is 8.22. The average molecular weight is 549 g/mol. The molecule has 12 heteroatoms. The molecular formula is C27H28F4N4O4. The van der Waals surface area contributed by atoms with E-state index in [-0.39, 0.29) is 35.1 Å². The van der Waals surface area contributed by atoms with Crippen LogP contribution < -0.4 is 21.1 Å². The number of nitrogens with zero attached hydrogens (tertiary/aromatic N) is 1. The molecule has 4 rings (SSSR count). The second kappa shape index (κ2) is 11.4. The van der Waals surface area contributed by atoms with Gasteiger partial charge in [-0.1, -0.05) is 37.1 Å². The molecule has 1 aliphatic heterocycles. The van der Waals surface area contributed by atoms with Gasteiger partial charge in [-0.05, 0) is 37.0 Å². The predicted molar refractivity (Wildman–Crippen MR) is 134 cm³/mol. The lowest BCUT2D eigenvalue weighted by atomic mass is 9.83. The van der Waals surface area contributed by atoms with Crippen LogP contribution in [0.15, 0.2) is 47.5 Å². The van der Waals surface area contributed by atoms with Crippen molar-refractivity contribution < 1.29 is 36.7 Å². The molecule has 2 aliphatic rings. The number of para-hydroxylation sites is 1. The number of anilines is 1. The summed E-state index contributed by atoms with van der Waals surface area (Å²) in [6.07, 6.45) is -6.39. The van der Waals surface area contributed by atoms with Gasteiger partial charge in [-0.3, -0.25) is 14.4 Å². The van der Waals surface area contributed by atoms with Gasteiger partial charge in [0, 0.05) is 29.4 Å². The van der Waals surface area contributed by atoms with E-state index in [0.29, 0.717) is 5.56 Å². The number of aliphatic imine (C=N–C) groups is 1. The largest absolute Gasteiger partial charge is 0.495 e. The van der Waals surface area contributed by atoms with E-state index in [1.165, 1.54) is 25.3 Å². The van der Waals surface area contributed by atoms with Gasteiger partial charge in [0.25, 0.3) is 5.91 Å². The van der Waals surface area contributed by atoms with Crippen LogP contribution in [0.25, 0.3) is 0 Å². The summed E-state index contributed by atoms with van der Waals surface area (Å²) in [5.74, 6) is -5.39. The summed E-state index contributed by atoms with van der Waals surface area (Å²) < 4.78 is 58.8. The van der Waals surface area contributed by atoms with E-state index in [0.717, 1.165) is 12.8 Å². The molecule has 0 aromatic heterocycles. The Balaban J connectivity index is 1.71. The molecule has 3 amide bonds. The maximum Gasteiger partial charge on any atom is 0.389 e. The van der Waals surface area contributed by atoms with E-state index >= 15 is 0 Å². The van der Waals surface area contributed by atoms with Crippen LogP contribution in [-0.2, 0) is 14.4 Å². The van der Waals surface area contributed by atoms with E-state index in [1.54, 1.807) is 24.3 Å². The number of methoxy groups -OCH3 is 1. The van der Waals surface area contributed by atoms with Crippen LogP contribution in [0.5, 0.6) is 5.75 Å². The molecule has 0 unspecified atom stereocenters. The van der Waals surface area contributed by atoms with Gasteiger partial charge in [-0.15, -0.1) is 0 Å². The van der Waals surface area contributed by atoms with Gasteiger partial charge in [-0.2, -0.15) is 13.2 Å². The number of hydrogen-bond donors (Lipinski definition) is 3. The number of alkyl halides is 3. The van der Waals surface area contributed by atoms with Crippen molar-refractivity contribution in [1.82, 2.24) is 5.32 Å². The number of halogens is 4. The first-order chi connectivity index (χ1) is 18.5. The van der Waals surface area contributed by atoms with Gasteiger partial charge in [0.1, 0.15) is 11.6 Å². The summed E-state index contributed by atoms with van der Waals surface area (Å²) >= 11 is 0. The number of benzodiazepines with no additional fused rings is 1. The molecule has 0 bridgehead atoms. The number of nitrogens with one attached hydrogen (secondary N) is 2. The Morgan fingerprint density at radius 3 is 2.51 bits per heavy atom. The lowest BCUT2D eigenvalue weighted by molar-refractivity contribution is -0.146. The molecule has 1 fully saturated rings. The number of carbonyl (C=O) groups is 3. The summed E-state index contributed by atoms with van der Waals surface area (Å²) in [5, 5.41) is 5.06. The van der Waals surface area contributed by atoms with Gasteiger partial charge in [-0.25, -0.2) is 9.38 Å². The molecule has 4 N–H and O–H groups in total. The average Bonchev–Trinajstić information content (AvgIpc) is 3.70. The first kappa shape index (κ1) is 28.1. The zero-order valence-electron chi connectivity index (χ0n) is 21.1. The normalized spacial score (nSPS) is 18.6. The van der Waals surface area contributed by atoms with Crippen molar-refractivity contribution in [3.8, 4) is 5.75 Å². The molecule has 8 nitrogen and oxygen atoms in total. The van der Waals surface area contributed by atoms with Crippen molar-refractivity contribution in [2.24, 2.45) is 28.5 Å². The maximum absolute atomic E-state index is 14.1. The maximum atomic E-state index is 14.1. The van der Waals surface area contributed by atoms with Crippen LogP contribution >= 0.6 is 0 Å². The Morgan fingerprint density at radius 2 is 1.90 bits per heavy atom. The Labute approximate surface area is 222 Å². The number of benzene rings is 2. The number of primary amides is 1. The third kappa shape index (κ3) is 6.92. The molecule has 2 aromatic rings. The fourth-order valence-corrected chi connectivity index (χ4v) is 4.71. The van der Waals surface area contributed by atoms with E-state index in [9.17, 15) is 31.9 Å². The molecule has 208 valence electrons. The second-order valence-electron chi connectivity index (χ2n) is 9.72. The van der Waals surface area contributed by atoms with Crippen molar-refractivity contribution >= 4 is 29.1 Å². The number of ether oxygens (including phenoxy) is 1. The van der Waals surface area contributed by atoms with E-state index in [4.69, 9.17) is 10.5 Å². The molecule has 1 aliphatic carbocycles. The number of nitrogens with two attached hydrogens (primary N) is 1. The number of rotatable bonds is 10. The number of hydrogen-bond acceptors (Lipinski definition) is 5. The lowest BCUT2D eigenvalue weighted by Crippen LogP contribution is -2.48. The highest BCUT2D eigenvalue weighted by molar-refractivity contribution is 6.20. The Bertz CT molecular complexity index is 1290. The topological polar surface area (TPSA) is 123 Å². The van der Waals surface area contributed by atoms with E-state index in [1.807, 2.05) is 0 Å². The molecule has 1 saturated carbocycles. The molecule has 2 aromatic carbocycles. The summed E-state index contributed by atoms with van der Waals surface area (Å²) in [5.41, 5.74) is 6.55. The number of amides is 3. The third-order valence-corrected chi connectivity index (χ3v) is 6.84. The second-order valence-corrected chi connectivity index (χ2v) is 9.72. The van der Waals surface area contributed by atoms with Gasteiger partial charge in [0.05, 0.1) is 18.5 Å². The minimum absolute atomic E-state index is 0.101. The highest BCUT2D eigenvalue weighted by Crippen LogP contribution is 2.39. The first-order valence-corrected chi connectivity index (χ1v) is 12.4. The highest BCUT2D eigenvalue weighted by atomic mass is 19.4. The number of carbonyl (C=O) groups excluding carboxylic acids is 3. The molecule has 0 radical (unpaired) electrons. The monoisotopic (exact) mass is 548 g/mol. The first-order valence-electron chi connectivity index (χ1n) is 12.4. The van der Waals surface area contributed by atoms with E-state index in [2.05, 4.69) is 15.6 Å². The fourth-order valence-electron chi connectivity index (χ4n) is 4.71. The summed E-state index contributed by atoms with van der Waals surface area (Å²) in [7, 11) is 1.39. The molecule has 3 atom stereocenters. The van der Waals surface area contributed by atoms with Crippen LogP contribution in [-0.4, -0.2) is 42.9 Å². The third-order valence-electron chi connectivity index (χ3n) is 6.84. The summed E-state index contributed by atoms with van der Waals surface area (Å²) in [4.78, 5) is 43.3. The van der Waals surface area contributed by atoms with Gasteiger partial charge in [0.2, 0.25) is 18.0 Å². The minimum atomic E-state index is -4.57. The van der Waals surface area contributed by atoms with Gasteiger partial charge >= 0.3 is 6.18 Å². The molecule has 1 heterocycles. The Morgan fingerprint density at radius 1 is 1.18 bits per heavy atom. The van der Waals surface area contributed by atoms with Crippen molar-refractivity contribution in [2.45, 2.75) is 44.4 Å². The van der Waals surface area contributed by atoms with Crippen LogP contribution in [0.3, 0.4) is 0 Å². The highest BCUT2D eigenvalue weighted by Gasteiger charge is 2.41. The number of fused-ring (bicyclic) bond motifs is 1. The van der Waals surface area contributed by atoms with Crippen molar-refractivity contribution in [3.63, 3.8) is 0 Å². The van der Waals surface area contributed by atoms with Crippen molar-refractivity contribution in [1.29, 1.82) is 0 Å². The predicted octanol–water partition coefficient (Wildman–Crippen LogP) is 3.93. The zero-order valence-corrected chi connectivity index (χ0v) is 21.1. The molecule has 0 saturated heterocycles. The quantitative estimate of drug-likeness (QED) is 0.390. The molecule has 39 heavy (non-hydrogen) atoms. The standard InChI is InChI=1S/C27H28F4N4O4/c1-39-20-7-3-6-18-21(15-4-2-5-16(28)13-15)33-24(26(38)34-22(18)20)35-25(37)17(10-11-27(29,30)31)19(23(32)36)12-14-8-9-14/h2-7,13-14,17,19,24H,8-12H2,1H3,(H2,32,36)(H,34,38)(H,35,37)/t17-,19+,24-/m1/s1. The van der Waals surface area contributed by atoms with Crippen LogP contribution in [0.2, 0.25) is 0 Å². The molecular weight excluding hydrogens is 520 g/mol. The van der Waals surface area contributed by atoms with Crippen LogP contribution in [0.4, 0.5) is 23.2 Å². The van der Waals surface area contributed by atoms with Crippen molar-refractivity contribution in [3.05, 3.63) is 59.4 Å². The zero-order chi connectivity index (χ0) is 28.3.